The predicted molar refractivity (Wildman–Crippen MR) is 98.0 cm³/mol. The molecule has 24 heavy (non-hydrogen) atoms. The first-order valence-electron chi connectivity index (χ1n) is 8.16. The molecule has 0 amide bonds. The summed E-state index contributed by atoms with van der Waals surface area (Å²) in [6.07, 6.45) is 2.04. The van der Waals surface area contributed by atoms with E-state index >= 15 is 0 Å². The Labute approximate surface area is 150 Å². The van der Waals surface area contributed by atoms with Crippen molar-refractivity contribution in [3.05, 3.63) is 75.3 Å². The molecule has 4 heteroatoms. The summed E-state index contributed by atoms with van der Waals surface area (Å²) in [6, 6.07) is 16.0. The van der Waals surface area contributed by atoms with Gasteiger partial charge in [0.1, 0.15) is 0 Å². The van der Waals surface area contributed by atoms with E-state index < -0.39 is 0 Å². The van der Waals surface area contributed by atoms with Crippen LogP contribution in [-0.2, 0) is 4.74 Å². The average molecular weight is 384 g/mol. The Morgan fingerprint density at radius 2 is 1.83 bits per heavy atom. The van der Waals surface area contributed by atoms with E-state index in [0.29, 0.717) is 13.2 Å². The van der Waals surface area contributed by atoms with Crippen LogP contribution in [0.1, 0.15) is 27.5 Å². The second kappa shape index (κ2) is 6.63. The van der Waals surface area contributed by atoms with Gasteiger partial charge in [0.15, 0.2) is 5.78 Å². The summed E-state index contributed by atoms with van der Waals surface area (Å²) < 4.78 is 6.50. The van der Waals surface area contributed by atoms with E-state index in [1.165, 1.54) is 0 Å². The van der Waals surface area contributed by atoms with Crippen LogP contribution >= 0.6 is 15.9 Å². The van der Waals surface area contributed by atoms with Crippen LogP contribution in [0.15, 0.2) is 58.6 Å². The van der Waals surface area contributed by atoms with Gasteiger partial charge >= 0.3 is 0 Å². The molecule has 122 valence electrons. The van der Waals surface area contributed by atoms with Crippen LogP contribution in [0.4, 0.5) is 0 Å². The van der Waals surface area contributed by atoms with Crippen LogP contribution in [0, 0.1) is 0 Å². The van der Waals surface area contributed by atoms with Crippen molar-refractivity contribution in [3.8, 4) is 0 Å². The molecule has 0 spiro atoms. The van der Waals surface area contributed by atoms with Crippen molar-refractivity contribution in [1.29, 1.82) is 0 Å². The minimum atomic E-state index is 0.00843. The van der Waals surface area contributed by atoms with Crippen LogP contribution in [0.25, 0.3) is 6.08 Å². The number of nitrogens with zero attached hydrogens (tertiary/aromatic N) is 1. The summed E-state index contributed by atoms with van der Waals surface area (Å²) in [7, 11) is 0. The summed E-state index contributed by atoms with van der Waals surface area (Å²) in [5, 5.41) is 0. The largest absolute Gasteiger partial charge is 0.379 e. The fourth-order valence-corrected chi connectivity index (χ4v) is 3.89. The molecule has 4 rings (SSSR count). The van der Waals surface area contributed by atoms with E-state index in [2.05, 4.69) is 26.9 Å². The van der Waals surface area contributed by atoms with E-state index in [1.807, 2.05) is 48.5 Å². The van der Waals surface area contributed by atoms with Crippen LogP contribution in [0.5, 0.6) is 0 Å². The highest BCUT2D eigenvalue weighted by atomic mass is 79.9. The molecule has 1 heterocycles. The minimum Gasteiger partial charge on any atom is -0.379 e. The first kappa shape index (κ1) is 15.8. The Kier molecular flexibility index (Phi) is 4.35. The zero-order chi connectivity index (χ0) is 16.5. The van der Waals surface area contributed by atoms with Gasteiger partial charge < -0.3 is 4.74 Å². The van der Waals surface area contributed by atoms with Gasteiger partial charge in [-0.05, 0) is 35.4 Å². The molecule has 0 bridgehead atoms. The molecule has 1 aliphatic heterocycles. The number of benzene rings is 2. The second-order valence-corrected chi connectivity index (χ2v) is 7.04. The monoisotopic (exact) mass is 383 g/mol. The fraction of sp³-hybridized carbons (Fsp3) is 0.250. The molecule has 1 fully saturated rings. The third-order valence-electron chi connectivity index (χ3n) is 4.64. The number of hydrogen-bond donors (Lipinski definition) is 0. The van der Waals surface area contributed by atoms with E-state index in [4.69, 9.17) is 4.74 Å². The topological polar surface area (TPSA) is 29.5 Å². The number of carbonyl (C=O) groups is 1. The van der Waals surface area contributed by atoms with Gasteiger partial charge in [0.2, 0.25) is 0 Å². The summed E-state index contributed by atoms with van der Waals surface area (Å²) in [5.74, 6) is 0.137. The molecule has 1 aliphatic carbocycles. The quantitative estimate of drug-likeness (QED) is 0.731. The number of rotatable bonds is 2. The molecule has 2 aromatic rings. The maximum Gasteiger partial charge on any atom is 0.191 e. The van der Waals surface area contributed by atoms with Crippen molar-refractivity contribution in [3.63, 3.8) is 0 Å². The average Bonchev–Trinajstić information content (AvgIpc) is 2.88. The highest BCUT2D eigenvalue weighted by Gasteiger charge is 2.38. The van der Waals surface area contributed by atoms with Crippen molar-refractivity contribution < 1.29 is 9.53 Å². The number of hydrogen-bond acceptors (Lipinski definition) is 3. The molecule has 0 N–H and O–H groups in total. The van der Waals surface area contributed by atoms with Gasteiger partial charge in [-0.3, -0.25) is 9.69 Å². The second-order valence-electron chi connectivity index (χ2n) is 6.12. The number of Topliss-reactive ketones (excluding diaryl/α,β-unsaturated/α-hetero) is 1. The molecule has 0 aromatic heterocycles. The summed E-state index contributed by atoms with van der Waals surface area (Å²) >= 11 is 3.55. The lowest BCUT2D eigenvalue weighted by atomic mass is 10.0. The third kappa shape index (κ3) is 2.86. The minimum absolute atomic E-state index is 0.00843. The van der Waals surface area contributed by atoms with Gasteiger partial charge in [0, 0.05) is 28.7 Å². The Morgan fingerprint density at radius 1 is 1.08 bits per heavy atom. The molecule has 0 radical (unpaired) electrons. The number of ether oxygens (including phenoxy) is 1. The number of ketones is 1. The highest BCUT2D eigenvalue weighted by molar-refractivity contribution is 9.10. The van der Waals surface area contributed by atoms with Crippen LogP contribution in [-0.4, -0.2) is 37.0 Å². The first-order valence-corrected chi connectivity index (χ1v) is 8.96. The smallest absolute Gasteiger partial charge is 0.191 e. The van der Waals surface area contributed by atoms with Gasteiger partial charge in [0.05, 0.1) is 19.3 Å². The molecule has 2 aromatic carbocycles. The van der Waals surface area contributed by atoms with Gasteiger partial charge in [-0.2, -0.15) is 0 Å². The van der Waals surface area contributed by atoms with Gasteiger partial charge in [-0.25, -0.2) is 0 Å². The van der Waals surface area contributed by atoms with Crippen molar-refractivity contribution >= 4 is 27.8 Å². The lowest BCUT2D eigenvalue weighted by Gasteiger charge is -2.33. The Morgan fingerprint density at radius 3 is 2.58 bits per heavy atom. The van der Waals surface area contributed by atoms with Crippen molar-refractivity contribution in [2.75, 3.05) is 26.3 Å². The third-order valence-corrected chi connectivity index (χ3v) is 5.14. The number of morpholine rings is 1. The Bertz CT molecular complexity index is 795. The predicted octanol–water partition coefficient (Wildman–Crippen LogP) is 4.10. The first-order chi connectivity index (χ1) is 11.7. The van der Waals surface area contributed by atoms with Gasteiger partial charge in [-0.15, -0.1) is 0 Å². The molecule has 1 unspecified atom stereocenters. The number of fused-ring (bicyclic) bond motifs is 1. The van der Waals surface area contributed by atoms with E-state index in [9.17, 15) is 4.79 Å². The Balaban J connectivity index is 1.82. The summed E-state index contributed by atoms with van der Waals surface area (Å²) in [5.41, 5.74) is 3.83. The van der Waals surface area contributed by atoms with Crippen LogP contribution in [0.2, 0.25) is 0 Å². The van der Waals surface area contributed by atoms with E-state index in [1.54, 1.807) is 0 Å². The Hall–Kier alpha value is -1.75. The normalized spacial score (nSPS) is 22.8. The zero-order valence-corrected chi connectivity index (χ0v) is 14.8. The van der Waals surface area contributed by atoms with Crippen LogP contribution in [0.3, 0.4) is 0 Å². The summed E-state index contributed by atoms with van der Waals surface area (Å²) in [4.78, 5) is 15.4. The maximum absolute atomic E-state index is 13.0. The SMILES string of the molecule is O=C1C(=Cc2ccccc2)C(N2CCOCC2)c2cc(Br)ccc21. The lowest BCUT2D eigenvalue weighted by molar-refractivity contribution is 0.0242. The van der Waals surface area contributed by atoms with Crippen LogP contribution < -0.4 is 0 Å². The van der Waals surface area contributed by atoms with Crippen molar-refractivity contribution in [1.82, 2.24) is 4.90 Å². The molecule has 0 saturated carbocycles. The van der Waals surface area contributed by atoms with E-state index in [0.717, 1.165) is 39.8 Å². The maximum atomic E-state index is 13.0. The molecule has 3 nitrogen and oxygen atoms in total. The number of carbonyl (C=O) groups excluding carboxylic acids is 1. The number of halogens is 1. The zero-order valence-electron chi connectivity index (χ0n) is 13.2. The lowest BCUT2D eigenvalue weighted by Crippen LogP contribution is -2.39. The summed E-state index contributed by atoms with van der Waals surface area (Å²) in [6.45, 7) is 3.12. The van der Waals surface area contributed by atoms with Gasteiger partial charge in [0.25, 0.3) is 0 Å². The molecular formula is C20H18BrNO2. The molecular weight excluding hydrogens is 366 g/mol. The fourth-order valence-electron chi connectivity index (χ4n) is 3.52. The van der Waals surface area contributed by atoms with Gasteiger partial charge in [-0.1, -0.05) is 46.3 Å². The van der Waals surface area contributed by atoms with E-state index in [-0.39, 0.29) is 11.8 Å². The molecule has 1 atom stereocenters. The molecule has 2 aliphatic rings. The standard InChI is InChI=1S/C20H18BrNO2/c21-15-6-7-16-17(13-15)19(22-8-10-24-11-9-22)18(20(16)23)12-14-4-2-1-3-5-14/h1-7,12-13,19H,8-11H2. The van der Waals surface area contributed by atoms with Crippen molar-refractivity contribution in [2.24, 2.45) is 0 Å². The molecule has 1 saturated heterocycles. The highest BCUT2D eigenvalue weighted by Crippen LogP contribution is 2.42. The van der Waals surface area contributed by atoms with Crippen molar-refractivity contribution in [2.45, 2.75) is 6.04 Å².